The van der Waals surface area contributed by atoms with Gasteiger partial charge in [0.2, 0.25) is 5.82 Å². The molecule has 0 aromatic carbocycles. The van der Waals surface area contributed by atoms with Crippen LogP contribution in [0.1, 0.15) is 25.3 Å². The highest BCUT2D eigenvalue weighted by Crippen LogP contribution is 2.30. The molecule has 0 aliphatic carbocycles. The van der Waals surface area contributed by atoms with Crippen molar-refractivity contribution in [3.05, 3.63) is 27.9 Å². The van der Waals surface area contributed by atoms with Gasteiger partial charge in [-0.05, 0) is 51.8 Å². The number of nitrogens with zero attached hydrogens (tertiary/aromatic N) is 3. The van der Waals surface area contributed by atoms with E-state index in [0.29, 0.717) is 17.3 Å². The van der Waals surface area contributed by atoms with E-state index in [0.717, 1.165) is 39.0 Å². The Labute approximate surface area is 119 Å². The quantitative estimate of drug-likeness (QED) is 0.660. The minimum atomic E-state index is -0.317. The Bertz CT molecular complexity index is 472. The topological polar surface area (TPSA) is 71.3 Å². The first-order valence-electron chi connectivity index (χ1n) is 7.19. The number of nitro groups is 1. The zero-order valence-electron chi connectivity index (χ0n) is 12.1. The van der Waals surface area contributed by atoms with Gasteiger partial charge >= 0.3 is 5.69 Å². The van der Waals surface area contributed by atoms with Crippen LogP contribution in [0.2, 0.25) is 0 Å². The third-order valence-corrected chi connectivity index (χ3v) is 3.91. The van der Waals surface area contributed by atoms with Crippen LogP contribution in [0.15, 0.2) is 12.3 Å². The van der Waals surface area contributed by atoms with E-state index in [1.54, 1.807) is 19.2 Å². The fraction of sp³-hybridized carbons (Fsp3) is 0.643. The van der Waals surface area contributed by atoms with Crippen molar-refractivity contribution in [3.8, 4) is 0 Å². The Morgan fingerprint density at radius 2 is 2.20 bits per heavy atom. The molecule has 1 aromatic rings. The van der Waals surface area contributed by atoms with Crippen molar-refractivity contribution < 1.29 is 4.92 Å². The lowest BCUT2D eigenvalue weighted by atomic mass is 9.97. The summed E-state index contributed by atoms with van der Waals surface area (Å²) in [6.45, 7) is 7.43. The van der Waals surface area contributed by atoms with Crippen LogP contribution in [0.3, 0.4) is 0 Å². The van der Waals surface area contributed by atoms with Gasteiger partial charge in [-0.15, -0.1) is 0 Å². The summed E-state index contributed by atoms with van der Waals surface area (Å²) >= 11 is 0. The summed E-state index contributed by atoms with van der Waals surface area (Å²) in [7, 11) is 0. The Morgan fingerprint density at radius 1 is 1.50 bits per heavy atom. The number of anilines is 1. The van der Waals surface area contributed by atoms with Gasteiger partial charge in [-0.2, -0.15) is 0 Å². The van der Waals surface area contributed by atoms with Gasteiger partial charge in [-0.1, -0.05) is 0 Å². The molecule has 1 saturated heterocycles. The predicted octanol–water partition coefficient (Wildman–Crippen LogP) is 2.12. The first-order valence-corrected chi connectivity index (χ1v) is 7.19. The van der Waals surface area contributed by atoms with E-state index in [1.807, 2.05) is 11.8 Å². The number of hydrogen-bond donors (Lipinski definition) is 1. The summed E-state index contributed by atoms with van der Waals surface area (Å²) in [5.74, 6) is 1.09. The second-order valence-corrected chi connectivity index (χ2v) is 5.29. The number of hydrogen-bond acceptors (Lipinski definition) is 5. The summed E-state index contributed by atoms with van der Waals surface area (Å²) < 4.78 is 0. The highest BCUT2D eigenvalue weighted by atomic mass is 16.6. The molecule has 2 rings (SSSR count). The van der Waals surface area contributed by atoms with Crippen molar-refractivity contribution in [1.82, 2.24) is 10.3 Å². The van der Waals surface area contributed by atoms with Gasteiger partial charge in [0, 0.05) is 24.8 Å². The highest BCUT2D eigenvalue weighted by Gasteiger charge is 2.25. The molecule has 1 N–H and O–H groups in total. The second kappa shape index (κ2) is 6.65. The minimum Gasteiger partial charge on any atom is -0.351 e. The summed E-state index contributed by atoms with van der Waals surface area (Å²) in [6, 6.07) is 1.69. The van der Waals surface area contributed by atoms with Crippen LogP contribution in [-0.4, -0.2) is 36.1 Å². The maximum atomic E-state index is 11.3. The van der Waals surface area contributed by atoms with Crippen LogP contribution >= 0.6 is 0 Å². The predicted molar refractivity (Wildman–Crippen MR) is 79.1 cm³/mol. The average molecular weight is 278 g/mol. The largest absolute Gasteiger partial charge is 0.351 e. The lowest BCUT2D eigenvalue weighted by molar-refractivity contribution is -0.384. The number of aryl methyl sites for hydroxylation is 1. The average Bonchev–Trinajstić information content (AvgIpc) is 2.45. The third-order valence-electron chi connectivity index (χ3n) is 3.91. The molecule has 0 amide bonds. The summed E-state index contributed by atoms with van der Waals surface area (Å²) in [5, 5.41) is 14.6. The summed E-state index contributed by atoms with van der Waals surface area (Å²) in [6.07, 6.45) is 3.90. The van der Waals surface area contributed by atoms with Crippen molar-refractivity contribution in [3.63, 3.8) is 0 Å². The van der Waals surface area contributed by atoms with Crippen molar-refractivity contribution in [2.45, 2.75) is 26.7 Å². The van der Waals surface area contributed by atoms with Gasteiger partial charge in [0.05, 0.1) is 4.92 Å². The van der Waals surface area contributed by atoms with E-state index in [-0.39, 0.29) is 10.6 Å². The van der Waals surface area contributed by atoms with Crippen molar-refractivity contribution in [2.75, 3.05) is 31.1 Å². The molecule has 6 nitrogen and oxygen atoms in total. The van der Waals surface area contributed by atoms with Crippen molar-refractivity contribution >= 4 is 11.5 Å². The number of piperidine rings is 1. The van der Waals surface area contributed by atoms with E-state index in [4.69, 9.17) is 0 Å². The Kier molecular flexibility index (Phi) is 4.89. The summed E-state index contributed by atoms with van der Waals surface area (Å²) in [5.41, 5.74) is 0.812. The molecule has 20 heavy (non-hydrogen) atoms. The normalized spacial score (nSPS) is 16.1. The van der Waals surface area contributed by atoms with E-state index in [1.165, 1.54) is 0 Å². The van der Waals surface area contributed by atoms with E-state index in [2.05, 4.69) is 10.3 Å². The Balaban J connectivity index is 2.22. The van der Waals surface area contributed by atoms with Gasteiger partial charge in [0.15, 0.2) is 0 Å². The molecule has 0 radical (unpaired) electrons. The van der Waals surface area contributed by atoms with E-state index < -0.39 is 0 Å². The molecular formula is C14H22N4O2. The van der Waals surface area contributed by atoms with Crippen LogP contribution < -0.4 is 10.2 Å². The highest BCUT2D eigenvalue weighted by molar-refractivity contribution is 5.61. The molecule has 0 atom stereocenters. The van der Waals surface area contributed by atoms with Crippen molar-refractivity contribution in [2.24, 2.45) is 5.92 Å². The van der Waals surface area contributed by atoms with Crippen LogP contribution in [0.4, 0.5) is 11.5 Å². The Morgan fingerprint density at radius 3 is 2.80 bits per heavy atom. The monoisotopic (exact) mass is 278 g/mol. The van der Waals surface area contributed by atoms with Crippen molar-refractivity contribution in [1.29, 1.82) is 0 Å². The molecule has 2 heterocycles. The smallest absolute Gasteiger partial charge is 0.314 e. The maximum absolute atomic E-state index is 11.3. The van der Waals surface area contributed by atoms with Crippen LogP contribution in [0.5, 0.6) is 0 Å². The molecule has 0 spiro atoms. The number of nitrogens with one attached hydrogen (secondary N) is 1. The molecule has 1 aliphatic rings. The molecule has 1 fully saturated rings. The number of aromatic nitrogens is 1. The van der Waals surface area contributed by atoms with Gasteiger partial charge in [-0.25, -0.2) is 4.98 Å². The van der Waals surface area contributed by atoms with Gasteiger partial charge in [0.25, 0.3) is 0 Å². The standard InChI is InChI=1S/C14H22N4O2/c1-3-17(10-12-5-7-15-8-6-12)14-13(18(19)20)11(2)4-9-16-14/h4,9,12,15H,3,5-8,10H2,1-2H3. The summed E-state index contributed by atoms with van der Waals surface area (Å²) in [4.78, 5) is 17.3. The zero-order valence-corrected chi connectivity index (χ0v) is 12.1. The van der Waals surface area contributed by atoms with Gasteiger partial charge in [0.1, 0.15) is 0 Å². The van der Waals surface area contributed by atoms with E-state index >= 15 is 0 Å². The second-order valence-electron chi connectivity index (χ2n) is 5.29. The van der Waals surface area contributed by atoms with Crippen LogP contribution in [-0.2, 0) is 0 Å². The van der Waals surface area contributed by atoms with Gasteiger partial charge < -0.3 is 10.2 Å². The van der Waals surface area contributed by atoms with E-state index in [9.17, 15) is 10.1 Å². The van der Waals surface area contributed by atoms with Crippen LogP contribution in [0, 0.1) is 23.0 Å². The Hall–Kier alpha value is -1.69. The van der Waals surface area contributed by atoms with Crippen LogP contribution in [0.25, 0.3) is 0 Å². The molecule has 0 unspecified atom stereocenters. The SMILES string of the molecule is CCN(CC1CCNCC1)c1nccc(C)c1[N+](=O)[O-]. The molecule has 1 aromatic heterocycles. The molecule has 1 aliphatic heterocycles. The molecule has 0 bridgehead atoms. The molecular weight excluding hydrogens is 256 g/mol. The minimum absolute atomic E-state index is 0.142. The first kappa shape index (κ1) is 14.7. The molecule has 0 saturated carbocycles. The fourth-order valence-corrected chi connectivity index (χ4v) is 2.73. The number of pyridine rings is 1. The number of rotatable bonds is 5. The maximum Gasteiger partial charge on any atom is 0.314 e. The third kappa shape index (κ3) is 3.25. The zero-order chi connectivity index (χ0) is 14.5. The molecule has 6 heteroatoms. The fourth-order valence-electron chi connectivity index (χ4n) is 2.73. The lowest BCUT2D eigenvalue weighted by Gasteiger charge is -2.30. The molecule has 110 valence electrons. The lowest BCUT2D eigenvalue weighted by Crippen LogP contribution is -2.36. The first-order chi connectivity index (χ1) is 9.63. The van der Waals surface area contributed by atoms with Gasteiger partial charge in [-0.3, -0.25) is 10.1 Å².